The van der Waals surface area contributed by atoms with Crippen molar-refractivity contribution in [3.8, 4) is 11.4 Å². The van der Waals surface area contributed by atoms with Gasteiger partial charge in [-0.25, -0.2) is 4.39 Å². The van der Waals surface area contributed by atoms with Gasteiger partial charge in [0.15, 0.2) is 0 Å². The van der Waals surface area contributed by atoms with Crippen LogP contribution in [0.15, 0.2) is 59.7 Å². The highest BCUT2D eigenvalue weighted by molar-refractivity contribution is 5.87. The first-order valence-corrected chi connectivity index (χ1v) is 9.41. The van der Waals surface area contributed by atoms with Gasteiger partial charge in [0.2, 0.25) is 0 Å². The topological polar surface area (TPSA) is 61.1 Å². The third-order valence-electron chi connectivity index (χ3n) is 5.17. The largest absolute Gasteiger partial charge is 0.487 e. The van der Waals surface area contributed by atoms with E-state index in [0.29, 0.717) is 28.2 Å². The molecule has 0 aliphatic carbocycles. The Labute approximate surface area is 178 Å². The molecule has 6 nitrogen and oxygen atoms in total. The fraction of sp³-hybridized carbons (Fsp3) is 0.217. The van der Waals surface area contributed by atoms with Gasteiger partial charge >= 0.3 is 0 Å². The summed E-state index contributed by atoms with van der Waals surface area (Å²) >= 11 is 0. The second-order valence-electron chi connectivity index (χ2n) is 7.02. The molecule has 0 atom stereocenters. The van der Waals surface area contributed by atoms with E-state index in [1.807, 2.05) is 6.07 Å². The minimum absolute atomic E-state index is 0.0914. The van der Waals surface area contributed by atoms with E-state index in [-0.39, 0.29) is 24.4 Å². The number of aryl methyl sites for hydroxylation is 1. The third-order valence-corrected chi connectivity index (χ3v) is 5.17. The summed E-state index contributed by atoms with van der Waals surface area (Å²) in [6.07, 6.45) is 0.451. The van der Waals surface area contributed by atoms with Gasteiger partial charge in [0.1, 0.15) is 18.2 Å². The van der Waals surface area contributed by atoms with Crippen molar-refractivity contribution in [3.05, 3.63) is 88.0 Å². The van der Waals surface area contributed by atoms with Gasteiger partial charge in [0.05, 0.1) is 23.1 Å². The lowest BCUT2D eigenvalue weighted by atomic mass is 10.1. The number of halogens is 1. The summed E-state index contributed by atoms with van der Waals surface area (Å²) in [7, 11) is 1.70. The maximum Gasteiger partial charge on any atom is 0.258 e. The number of hydrogen-bond acceptors (Lipinski definition) is 4. The predicted octanol–water partition coefficient (Wildman–Crippen LogP) is 3.09. The maximum absolute atomic E-state index is 13.0. The van der Waals surface area contributed by atoms with E-state index in [4.69, 9.17) is 10.2 Å². The molecule has 4 heterocycles. The van der Waals surface area contributed by atoms with Crippen LogP contribution in [0.1, 0.15) is 22.4 Å². The summed E-state index contributed by atoms with van der Waals surface area (Å²) in [5, 5.41) is 3.45. The van der Waals surface area contributed by atoms with Gasteiger partial charge in [0.25, 0.3) is 5.56 Å². The van der Waals surface area contributed by atoms with E-state index < -0.39 is 18.7 Å². The Bertz CT molecular complexity index is 1460. The molecule has 0 radical (unpaired) electrons. The highest BCUT2D eigenvalue weighted by Gasteiger charge is 2.18. The number of ether oxygens (including phenoxy) is 1. The van der Waals surface area contributed by atoms with Gasteiger partial charge in [-0.2, -0.15) is 0 Å². The molecule has 5 rings (SSSR count). The monoisotopic (exact) mass is 408 g/mol. The van der Waals surface area contributed by atoms with E-state index in [1.165, 1.54) is 22.8 Å². The van der Waals surface area contributed by atoms with Crippen molar-refractivity contribution in [2.75, 3.05) is 6.50 Å². The maximum atomic E-state index is 13.0. The van der Waals surface area contributed by atoms with Crippen molar-refractivity contribution in [2.45, 2.75) is 19.5 Å². The zero-order chi connectivity index (χ0) is 24.3. The molecule has 152 valence electrons. The average Bonchev–Trinajstić information content (AvgIpc) is 3.08. The van der Waals surface area contributed by atoms with E-state index in [2.05, 4.69) is 10.3 Å². The second kappa shape index (κ2) is 7.42. The molecule has 0 saturated heterocycles. The number of pyridine rings is 2. The van der Waals surface area contributed by atoms with Crippen molar-refractivity contribution in [1.29, 1.82) is 0 Å². The third kappa shape index (κ3) is 3.27. The first kappa shape index (κ1) is 14.5. The SMILES string of the molecule is [2H]C1([2H])NCc2c(n(C)c3cc(-n4ccc(OCc5ccc(F)cn5)cc4=O)ccc23)C1([2H])[2H]. The fourth-order valence-electron chi connectivity index (χ4n) is 3.64. The normalized spacial score (nSPS) is 18.7. The quantitative estimate of drug-likeness (QED) is 0.564. The lowest BCUT2D eigenvalue weighted by Crippen LogP contribution is -2.24. The highest BCUT2D eigenvalue weighted by atomic mass is 19.1. The number of hydrogen-bond donors (Lipinski definition) is 1. The van der Waals surface area contributed by atoms with Crippen molar-refractivity contribution < 1.29 is 14.6 Å². The van der Waals surface area contributed by atoms with E-state index in [1.54, 1.807) is 36.0 Å². The number of nitrogens with one attached hydrogen (secondary N) is 1. The summed E-state index contributed by atoms with van der Waals surface area (Å²) in [6.45, 7) is -1.91. The Morgan fingerprint density at radius 1 is 1.27 bits per heavy atom. The van der Waals surface area contributed by atoms with Crippen LogP contribution in [0, 0.1) is 5.82 Å². The van der Waals surface area contributed by atoms with Crippen LogP contribution >= 0.6 is 0 Å². The number of fused-ring (bicyclic) bond motifs is 3. The molecule has 0 unspecified atom stereocenters. The van der Waals surface area contributed by atoms with Crippen LogP contribution in [0.25, 0.3) is 16.6 Å². The Kier molecular flexibility index (Phi) is 3.59. The Morgan fingerprint density at radius 3 is 2.97 bits per heavy atom. The van der Waals surface area contributed by atoms with Crippen LogP contribution in [0.4, 0.5) is 4.39 Å². The molecular formula is C23H21FN4O2. The van der Waals surface area contributed by atoms with Crippen molar-refractivity contribution in [1.82, 2.24) is 19.4 Å². The first-order valence-electron chi connectivity index (χ1n) is 11.4. The lowest BCUT2D eigenvalue weighted by molar-refractivity contribution is 0.300. The molecule has 30 heavy (non-hydrogen) atoms. The second-order valence-corrected chi connectivity index (χ2v) is 7.02. The summed E-state index contributed by atoms with van der Waals surface area (Å²) < 4.78 is 54.6. The molecule has 0 fully saturated rings. The minimum atomic E-state index is -2.23. The number of rotatable bonds is 4. The fourth-order valence-corrected chi connectivity index (χ4v) is 3.64. The van der Waals surface area contributed by atoms with Crippen LogP contribution in [0.3, 0.4) is 0 Å². The van der Waals surface area contributed by atoms with E-state index >= 15 is 0 Å². The molecule has 1 aliphatic rings. The number of benzene rings is 1. The number of aromatic nitrogens is 3. The van der Waals surface area contributed by atoms with Crippen LogP contribution in [-0.4, -0.2) is 20.6 Å². The molecule has 4 aromatic rings. The molecule has 0 amide bonds. The van der Waals surface area contributed by atoms with Crippen LogP contribution in [0.2, 0.25) is 0 Å². The van der Waals surface area contributed by atoms with Crippen LogP contribution in [-0.2, 0) is 26.6 Å². The molecule has 0 spiro atoms. The van der Waals surface area contributed by atoms with Gasteiger partial charge in [-0.1, -0.05) is 6.07 Å². The highest BCUT2D eigenvalue weighted by Crippen LogP contribution is 2.29. The van der Waals surface area contributed by atoms with Gasteiger partial charge in [-0.3, -0.25) is 14.3 Å². The molecule has 0 saturated carbocycles. The molecular weight excluding hydrogens is 383 g/mol. The Hall–Kier alpha value is -3.45. The van der Waals surface area contributed by atoms with Crippen molar-refractivity contribution in [3.63, 3.8) is 0 Å². The van der Waals surface area contributed by atoms with Gasteiger partial charge in [-0.05, 0) is 35.9 Å². The average molecular weight is 408 g/mol. The molecule has 1 aromatic carbocycles. The zero-order valence-electron chi connectivity index (χ0n) is 20.1. The minimum Gasteiger partial charge on any atom is -0.487 e. The molecule has 0 bridgehead atoms. The summed E-state index contributed by atoms with van der Waals surface area (Å²) in [4.78, 5) is 16.7. The van der Waals surface area contributed by atoms with Gasteiger partial charge in [0, 0.05) is 55.3 Å². The number of nitrogens with zero attached hydrogens (tertiary/aromatic N) is 3. The van der Waals surface area contributed by atoms with Crippen LogP contribution in [0.5, 0.6) is 5.75 Å². The Morgan fingerprint density at radius 2 is 2.17 bits per heavy atom. The van der Waals surface area contributed by atoms with Crippen molar-refractivity contribution >= 4 is 10.9 Å². The molecule has 1 N–H and O–H groups in total. The van der Waals surface area contributed by atoms with E-state index in [9.17, 15) is 9.18 Å². The Balaban J connectivity index is 1.47. The van der Waals surface area contributed by atoms with Gasteiger partial charge < -0.3 is 14.6 Å². The lowest BCUT2D eigenvalue weighted by Gasteiger charge is -2.14. The molecule has 7 heteroatoms. The van der Waals surface area contributed by atoms with Crippen molar-refractivity contribution in [2.24, 2.45) is 7.05 Å². The molecule has 1 aliphatic heterocycles. The summed E-state index contributed by atoms with van der Waals surface area (Å²) in [5.41, 5.74) is 2.47. The van der Waals surface area contributed by atoms with E-state index in [0.717, 1.165) is 11.6 Å². The predicted molar refractivity (Wildman–Crippen MR) is 112 cm³/mol. The summed E-state index contributed by atoms with van der Waals surface area (Å²) in [6, 6.07) is 11.2. The first-order chi connectivity index (χ1) is 16.1. The smallest absolute Gasteiger partial charge is 0.258 e. The van der Waals surface area contributed by atoms with Crippen LogP contribution < -0.4 is 15.6 Å². The molecule has 3 aromatic heterocycles. The van der Waals surface area contributed by atoms with Gasteiger partial charge in [-0.15, -0.1) is 0 Å². The standard InChI is InChI=1S/C23H21FN4O2/c1-27-21-6-8-25-13-20(21)19-5-4-17(10-22(19)27)28-9-7-18(11-23(28)29)30-14-16-3-2-15(24)12-26-16/h2-5,7,9-12,25H,6,8,13-14H2,1H3/i6D2,8D2. The zero-order valence-corrected chi connectivity index (χ0v) is 16.1. The summed E-state index contributed by atoms with van der Waals surface area (Å²) in [5.74, 6) is -0.0854.